The van der Waals surface area contributed by atoms with Gasteiger partial charge in [0, 0.05) is 27.8 Å². The highest BCUT2D eigenvalue weighted by atomic mass is 28.3. The first-order valence-corrected chi connectivity index (χ1v) is 26.5. The first-order valence-electron chi connectivity index (χ1n) is 24.5. The molecule has 0 unspecified atom stereocenters. The molecule has 1 heterocycles. The van der Waals surface area contributed by atoms with Crippen molar-refractivity contribution in [3.8, 4) is 27.9 Å². The molecule has 0 aliphatic carbocycles. The van der Waals surface area contributed by atoms with Gasteiger partial charge in [0.15, 0.2) is 8.07 Å². The molecule has 0 saturated heterocycles. The van der Waals surface area contributed by atoms with E-state index in [1.54, 1.807) is 0 Å². The molecule has 13 rings (SSSR count). The van der Waals surface area contributed by atoms with Crippen molar-refractivity contribution in [3.63, 3.8) is 0 Å². The van der Waals surface area contributed by atoms with Crippen molar-refractivity contribution in [3.05, 3.63) is 291 Å². The highest BCUT2D eigenvalue weighted by molar-refractivity contribution is 7.19. The van der Waals surface area contributed by atoms with Crippen molar-refractivity contribution in [2.75, 3.05) is 4.90 Å². The Labute approximate surface area is 415 Å². The molecule has 0 N–H and O–H groups in total. The molecule has 0 atom stereocenters. The fourth-order valence-corrected chi connectivity index (χ4v) is 16.3. The quantitative estimate of drug-likeness (QED) is 0.0754. The minimum Gasteiger partial charge on any atom is -0.310 e. The summed E-state index contributed by atoms with van der Waals surface area (Å²) in [7, 11) is -2.77. The van der Waals surface area contributed by atoms with Gasteiger partial charge in [-0.1, -0.05) is 237 Å². The van der Waals surface area contributed by atoms with Crippen LogP contribution in [0, 0.1) is 0 Å². The largest absolute Gasteiger partial charge is 0.310 e. The number of hydrogen-bond acceptors (Lipinski definition) is 1. The maximum atomic E-state index is 2.48. The van der Waals surface area contributed by atoms with Crippen molar-refractivity contribution in [2.24, 2.45) is 0 Å². The molecule has 2 nitrogen and oxygen atoms in total. The van der Waals surface area contributed by atoms with Crippen molar-refractivity contribution in [1.82, 2.24) is 4.57 Å². The minimum atomic E-state index is -2.77. The highest BCUT2D eigenvalue weighted by Gasteiger charge is 2.41. The molecule has 1 aromatic heterocycles. The molecule has 13 aromatic rings. The van der Waals surface area contributed by atoms with E-state index in [0.29, 0.717) is 0 Å². The molecular formula is C68H48N2Si. The van der Waals surface area contributed by atoms with Crippen LogP contribution in [0.15, 0.2) is 291 Å². The summed E-state index contributed by atoms with van der Waals surface area (Å²) in [4.78, 5) is 2.48. The second-order valence-corrected chi connectivity index (χ2v) is 22.2. The number of nitrogens with zero attached hydrogens (tertiary/aromatic N) is 2. The molecule has 0 spiro atoms. The topological polar surface area (TPSA) is 8.17 Å². The lowest BCUT2D eigenvalue weighted by molar-refractivity contribution is 1.18. The van der Waals surface area contributed by atoms with E-state index in [0.717, 1.165) is 28.3 Å². The lowest BCUT2D eigenvalue weighted by atomic mass is 9.85. The number of rotatable bonds is 10. The predicted molar refractivity (Wildman–Crippen MR) is 305 cm³/mol. The first-order chi connectivity index (χ1) is 35.3. The van der Waals surface area contributed by atoms with Gasteiger partial charge < -0.3 is 9.47 Å². The molecule has 0 amide bonds. The molecule has 0 aliphatic heterocycles. The lowest BCUT2D eigenvalue weighted by Crippen LogP contribution is -2.74. The average Bonchev–Trinajstić information content (AvgIpc) is 3.80. The molecule has 0 saturated carbocycles. The molecule has 12 aromatic carbocycles. The Balaban J connectivity index is 1.05. The van der Waals surface area contributed by atoms with Crippen LogP contribution in [0.25, 0.3) is 71.3 Å². The van der Waals surface area contributed by atoms with Gasteiger partial charge in [-0.05, 0) is 119 Å². The second kappa shape index (κ2) is 17.8. The summed E-state index contributed by atoms with van der Waals surface area (Å²) in [6, 6.07) is 107. The van der Waals surface area contributed by atoms with Crippen LogP contribution in [0.3, 0.4) is 0 Å². The van der Waals surface area contributed by atoms with Crippen molar-refractivity contribution < 1.29 is 0 Å². The summed E-state index contributed by atoms with van der Waals surface area (Å²) in [5, 5.41) is 12.8. The normalized spacial score (nSPS) is 11.7. The molecular weight excluding hydrogens is 873 g/mol. The number of hydrogen-bond donors (Lipinski definition) is 0. The Hall–Kier alpha value is -9.02. The van der Waals surface area contributed by atoms with Gasteiger partial charge in [0.25, 0.3) is 0 Å². The monoisotopic (exact) mass is 920 g/mol. The fraction of sp³-hybridized carbons (Fsp3) is 0. The molecule has 3 heteroatoms. The second-order valence-electron chi connectivity index (χ2n) is 18.3. The van der Waals surface area contributed by atoms with Gasteiger partial charge in [-0.2, -0.15) is 0 Å². The van der Waals surface area contributed by atoms with Gasteiger partial charge in [0.05, 0.1) is 16.7 Å². The Morgan fingerprint density at radius 3 is 1.17 bits per heavy atom. The molecule has 334 valence electrons. The van der Waals surface area contributed by atoms with Gasteiger partial charge in [-0.3, -0.25) is 0 Å². The smallest absolute Gasteiger partial charge is 0.179 e. The Morgan fingerprint density at radius 2 is 0.648 bits per heavy atom. The lowest BCUT2D eigenvalue weighted by Gasteiger charge is -2.35. The van der Waals surface area contributed by atoms with Crippen molar-refractivity contribution in [1.29, 1.82) is 0 Å². The third kappa shape index (κ3) is 7.01. The van der Waals surface area contributed by atoms with Crippen molar-refractivity contribution >= 4 is 89.2 Å². The van der Waals surface area contributed by atoms with Gasteiger partial charge in [-0.25, -0.2) is 0 Å². The SMILES string of the molecule is c1ccc(-c2c(-c3ccc(N(c4ccc([Si](c5ccccc5)(c5ccccc5)c5ccccc5)cc4)c4cccc5c4c4ccccc4n5-c4ccccc4)cc3)c3ccccc3c3ccccc23)cc1. The standard InChI is InChI=1S/C68H48N2Si/c1-6-23-49(24-7-1)66-60-35-18-16-33-58(60)59-34-17-19-36-61(59)67(66)50-41-43-52(44-42-50)69(64-39-22-40-65-68(64)62-37-20-21-38-63(62)70(65)51-25-8-2-9-26-51)53-45-47-57(48-46-53)71(54-27-10-3-11-28-54,55-29-12-4-13-30-55)56-31-14-5-15-32-56/h1-48H. The van der Waals surface area contributed by atoms with Crippen LogP contribution in [-0.2, 0) is 0 Å². The molecule has 0 bridgehead atoms. The fourth-order valence-electron chi connectivity index (χ4n) is 11.5. The highest BCUT2D eigenvalue weighted by Crippen LogP contribution is 2.47. The van der Waals surface area contributed by atoms with Gasteiger partial charge in [0.2, 0.25) is 0 Å². The zero-order valence-corrected chi connectivity index (χ0v) is 40.1. The molecule has 0 radical (unpaired) electrons. The zero-order chi connectivity index (χ0) is 47.1. The van der Waals surface area contributed by atoms with Crippen molar-refractivity contribution in [2.45, 2.75) is 0 Å². The van der Waals surface area contributed by atoms with Crippen LogP contribution < -0.4 is 25.6 Å². The number of para-hydroxylation sites is 2. The first kappa shape index (κ1) is 42.1. The van der Waals surface area contributed by atoms with E-state index < -0.39 is 8.07 Å². The van der Waals surface area contributed by atoms with Crippen LogP contribution in [0.5, 0.6) is 0 Å². The maximum Gasteiger partial charge on any atom is 0.179 e. The average molecular weight is 921 g/mol. The number of anilines is 3. The van der Waals surface area contributed by atoms with Gasteiger partial charge >= 0.3 is 0 Å². The molecule has 0 fully saturated rings. The van der Waals surface area contributed by atoms with Gasteiger partial charge in [0.1, 0.15) is 0 Å². The third-order valence-electron chi connectivity index (χ3n) is 14.5. The van der Waals surface area contributed by atoms with E-state index in [1.165, 1.54) is 80.8 Å². The van der Waals surface area contributed by atoms with E-state index in [4.69, 9.17) is 0 Å². The summed E-state index contributed by atoms with van der Waals surface area (Å²) >= 11 is 0. The Bertz CT molecular complexity index is 3910. The molecule has 71 heavy (non-hydrogen) atoms. The van der Waals surface area contributed by atoms with Crippen LogP contribution in [0.4, 0.5) is 17.1 Å². The Kier molecular flexibility index (Phi) is 10.6. The van der Waals surface area contributed by atoms with E-state index in [9.17, 15) is 0 Å². The zero-order valence-electron chi connectivity index (χ0n) is 39.1. The van der Waals surface area contributed by atoms with Crippen LogP contribution >= 0.6 is 0 Å². The molecule has 0 aliphatic rings. The van der Waals surface area contributed by atoms with E-state index in [-0.39, 0.29) is 0 Å². The minimum absolute atomic E-state index is 1.08. The van der Waals surface area contributed by atoms with Gasteiger partial charge in [-0.15, -0.1) is 0 Å². The number of fused-ring (bicyclic) bond motifs is 6. The summed E-state index contributed by atoms with van der Waals surface area (Å²) in [6.07, 6.45) is 0. The van der Waals surface area contributed by atoms with E-state index in [1.807, 2.05) is 0 Å². The van der Waals surface area contributed by atoms with Crippen LogP contribution in [0.1, 0.15) is 0 Å². The van der Waals surface area contributed by atoms with Crippen LogP contribution in [0.2, 0.25) is 0 Å². The van der Waals surface area contributed by atoms with E-state index >= 15 is 0 Å². The predicted octanol–water partition coefficient (Wildman–Crippen LogP) is 15.3. The summed E-state index contributed by atoms with van der Waals surface area (Å²) in [6.45, 7) is 0. The number of aromatic nitrogens is 1. The summed E-state index contributed by atoms with van der Waals surface area (Å²) in [5.41, 5.74) is 11.6. The number of benzene rings is 12. The van der Waals surface area contributed by atoms with E-state index in [2.05, 4.69) is 301 Å². The summed E-state index contributed by atoms with van der Waals surface area (Å²) < 4.78 is 2.41. The third-order valence-corrected chi connectivity index (χ3v) is 19.3. The maximum absolute atomic E-state index is 2.77. The summed E-state index contributed by atoms with van der Waals surface area (Å²) in [5.74, 6) is 0. The van der Waals surface area contributed by atoms with Crippen LogP contribution in [-0.4, -0.2) is 12.6 Å². The Morgan fingerprint density at radius 1 is 0.268 bits per heavy atom.